The molecule has 1 aliphatic rings. The molecule has 1 N–H and O–H groups in total. The van der Waals surface area contributed by atoms with Gasteiger partial charge in [-0.3, -0.25) is 0 Å². The van der Waals surface area contributed by atoms with Crippen molar-refractivity contribution in [1.82, 2.24) is 9.88 Å². The molecule has 1 fully saturated rings. The number of aliphatic hydroxyl groups excluding tert-OH is 1. The van der Waals surface area contributed by atoms with Crippen molar-refractivity contribution >= 4 is 5.82 Å². The van der Waals surface area contributed by atoms with Crippen LogP contribution in [0, 0.1) is 12.8 Å². The molecule has 1 unspecified atom stereocenters. The molecule has 1 aromatic rings. The minimum atomic E-state index is 0.0797. The molecule has 1 aromatic heterocycles. The molecular formula is C14H23N3O. The molecule has 0 spiro atoms. The highest BCUT2D eigenvalue weighted by atomic mass is 16.3. The highest BCUT2D eigenvalue weighted by molar-refractivity contribution is 5.41. The minimum absolute atomic E-state index is 0.0797. The molecule has 0 aliphatic carbocycles. The van der Waals surface area contributed by atoms with Crippen LogP contribution in [0.25, 0.3) is 0 Å². The molecule has 1 saturated heterocycles. The molecule has 0 aromatic carbocycles. The van der Waals surface area contributed by atoms with Crippen molar-refractivity contribution in [2.24, 2.45) is 5.92 Å². The Balaban J connectivity index is 2.03. The Morgan fingerprint density at radius 2 is 2.28 bits per heavy atom. The first-order chi connectivity index (χ1) is 8.58. The van der Waals surface area contributed by atoms with Gasteiger partial charge in [-0.15, -0.1) is 0 Å². The van der Waals surface area contributed by atoms with Gasteiger partial charge in [-0.05, 0) is 50.6 Å². The Kier molecular flexibility index (Phi) is 4.19. The monoisotopic (exact) mass is 249 g/mol. The van der Waals surface area contributed by atoms with Crippen LogP contribution in [0.3, 0.4) is 0 Å². The third-order valence-electron chi connectivity index (χ3n) is 3.59. The molecular weight excluding hydrogens is 226 g/mol. The van der Waals surface area contributed by atoms with Crippen molar-refractivity contribution in [3.8, 4) is 0 Å². The molecule has 4 heteroatoms. The standard InChI is InChI=1S/C14H23N3O/c1-11-6-13(10-18)7-14(15-11)17(3)9-12-4-5-16(2)8-12/h6-7,12,18H,4-5,8-10H2,1-3H3. The van der Waals surface area contributed by atoms with E-state index in [-0.39, 0.29) is 6.61 Å². The molecule has 100 valence electrons. The van der Waals surface area contributed by atoms with E-state index in [0.29, 0.717) is 0 Å². The second-order valence-corrected chi connectivity index (χ2v) is 5.43. The highest BCUT2D eigenvalue weighted by Gasteiger charge is 2.21. The Morgan fingerprint density at radius 1 is 1.50 bits per heavy atom. The first kappa shape index (κ1) is 13.3. The normalized spacial score (nSPS) is 20.3. The number of likely N-dealkylation sites (tertiary alicyclic amines) is 1. The van der Waals surface area contributed by atoms with Crippen LogP contribution in [0.4, 0.5) is 5.82 Å². The first-order valence-electron chi connectivity index (χ1n) is 6.56. The van der Waals surface area contributed by atoms with Crippen molar-refractivity contribution in [2.75, 3.05) is 38.6 Å². The van der Waals surface area contributed by atoms with Crippen LogP contribution in [0.5, 0.6) is 0 Å². The molecule has 2 rings (SSSR count). The fourth-order valence-corrected chi connectivity index (χ4v) is 2.66. The predicted octanol–water partition coefficient (Wildman–Crippen LogP) is 1.27. The number of aromatic nitrogens is 1. The average Bonchev–Trinajstić information content (AvgIpc) is 2.73. The van der Waals surface area contributed by atoms with Crippen molar-refractivity contribution in [3.05, 3.63) is 23.4 Å². The third-order valence-corrected chi connectivity index (χ3v) is 3.59. The van der Waals surface area contributed by atoms with E-state index >= 15 is 0 Å². The number of hydrogen-bond acceptors (Lipinski definition) is 4. The summed E-state index contributed by atoms with van der Waals surface area (Å²) in [5.41, 5.74) is 1.90. The van der Waals surface area contributed by atoms with E-state index in [1.807, 2.05) is 19.1 Å². The van der Waals surface area contributed by atoms with Crippen molar-refractivity contribution in [1.29, 1.82) is 0 Å². The van der Waals surface area contributed by atoms with E-state index in [1.165, 1.54) is 19.5 Å². The lowest BCUT2D eigenvalue weighted by Gasteiger charge is -2.23. The summed E-state index contributed by atoms with van der Waals surface area (Å²) in [6.45, 7) is 5.45. The Hall–Kier alpha value is -1.13. The second kappa shape index (κ2) is 5.67. The van der Waals surface area contributed by atoms with Crippen LogP contribution in [0.2, 0.25) is 0 Å². The fraction of sp³-hybridized carbons (Fsp3) is 0.643. The Bertz CT molecular complexity index is 408. The molecule has 0 saturated carbocycles. The molecule has 0 amide bonds. The maximum Gasteiger partial charge on any atom is 0.128 e. The van der Waals surface area contributed by atoms with E-state index in [1.54, 1.807) is 0 Å². The van der Waals surface area contributed by atoms with Gasteiger partial charge in [0, 0.05) is 25.8 Å². The van der Waals surface area contributed by atoms with Gasteiger partial charge >= 0.3 is 0 Å². The quantitative estimate of drug-likeness (QED) is 0.872. The summed E-state index contributed by atoms with van der Waals surface area (Å²) in [4.78, 5) is 9.12. The summed E-state index contributed by atoms with van der Waals surface area (Å²) >= 11 is 0. The Labute approximate surface area is 109 Å². The third kappa shape index (κ3) is 3.21. The topological polar surface area (TPSA) is 39.6 Å². The lowest BCUT2D eigenvalue weighted by atomic mass is 10.1. The first-order valence-corrected chi connectivity index (χ1v) is 6.56. The summed E-state index contributed by atoms with van der Waals surface area (Å²) in [6, 6.07) is 3.91. The summed E-state index contributed by atoms with van der Waals surface area (Å²) < 4.78 is 0. The maximum absolute atomic E-state index is 9.23. The zero-order chi connectivity index (χ0) is 13.1. The summed E-state index contributed by atoms with van der Waals surface area (Å²) in [5.74, 6) is 1.69. The molecule has 0 bridgehead atoms. The van der Waals surface area contributed by atoms with E-state index in [9.17, 15) is 5.11 Å². The lowest BCUT2D eigenvalue weighted by molar-refractivity contribution is 0.281. The number of nitrogens with zero attached hydrogens (tertiary/aromatic N) is 3. The summed E-state index contributed by atoms with van der Waals surface area (Å²) in [5, 5.41) is 9.23. The number of hydrogen-bond donors (Lipinski definition) is 1. The number of pyridine rings is 1. The Morgan fingerprint density at radius 3 is 2.89 bits per heavy atom. The van der Waals surface area contributed by atoms with Crippen LogP contribution in [-0.4, -0.2) is 48.7 Å². The summed E-state index contributed by atoms with van der Waals surface area (Å²) in [6.07, 6.45) is 1.26. The van der Waals surface area contributed by atoms with Gasteiger partial charge < -0.3 is 14.9 Å². The molecule has 0 radical (unpaired) electrons. The molecule has 2 heterocycles. The predicted molar refractivity (Wildman–Crippen MR) is 73.8 cm³/mol. The largest absolute Gasteiger partial charge is 0.392 e. The number of rotatable bonds is 4. The number of aryl methyl sites for hydroxylation is 1. The average molecular weight is 249 g/mol. The molecule has 18 heavy (non-hydrogen) atoms. The zero-order valence-electron chi connectivity index (χ0n) is 11.6. The van der Waals surface area contributed by atoms with Gasteiger partial charge in [0.25, 0.3) is 0 Å². The fourth-order valence-electron chi connectivity index (χ4n) is 2.66. The van der Waals surface area contributed by atoms with Gasteiger partial charge in [0.2, 0.25) is 0 Å². The van der Waals surface area contributed by atoms with Crippen LogP contribution < -0.4 is 4.90 Å². The number of aliphatic hydroxyl groups is 1. The van der Waals surface area contributed by atoms with Gasteiger partial charge in [-0.25, -0.2) is 4.98 Å². The van der Waals surface area contributed by atoms with Crippen molar-refractivity contribution in [3.63, 3.8) is 0 Å². The number of anilines is 1. The van der Waals surface area contributed by atoms with Crippen molar-refractivity contribution < 1.29 is 5.11 Å². The van der Waals surface area contributed by atoms with Crippen LogP contribution in [-0.2, 0) is 6.61 Å². The van der Waals surface area contributed by atoms with Crippen LogP contribution in [0.15, 0.2) is 12.1 Å². The SMILES string of the molecule is Cc1cc(CO)cc(N(C)CC2CCN(C)C2)n1. The van der Waals surface area contributed by atoms with E-state index in [2.05, 4.69) is 28.9 Å². The second-order valence-electron chi connectivity index (χ2n) is 5.43. The molecule has 1 aliphatic heterocycles. The molecule has 1 atom stereocenters. The van der Waals surface area contributed by atoms with E-state index in [0.717, 1.165) is 29.5 Å². The summed E-state index contributed by atoms with van der Waals surface area (Å²) in [7, 11) is 4.26. The lowest BCUT2D eigenvalue weighted by Crippen LogP contribution is -2.28. The smallest absolute Gasteiger partial charge is 0.128 e. The van der Waals surface area contributed by atoms with Gasteiger partial charge in [0.05, 0.1) is 6.61 Å². The van der Waals surface area contributed by atoms with Crippen molar-refractivity contribution in [2.45, 2.75) is 20.0 Å². The van der Waals surface area contributed by atoms with Gasteiger partial charge in [-0.2, -0.15) is 0 Å². The van der Waals surface area contributed by atoms with Gasteiger partial charge in [0.15, 0.2) is 0 Å². The maximum atomic E-state index is 9.23. The van der Waals surface area contributed by atoms with Gasteiger partial charge in [-0.1, -0.05) is 0 Å². The van der Waals surface area contributed by atoms with E-state index < -0.39 is 0 Å². The molecule has 4 nitrogen and oxygen atoms in total. The van der Waals surface area contributed by atoms with Crippen LogP contribution >= 0.6 is 0 Å². The zero-order valence-corrected chi connectivity index (χ0v) is 11.6. The highest BCUT2D eigenvalue weighted by Crippen LogP contribution is 2.19. The van der Waals surface area contributed by atoms with Gasteiger partial charge in [0.1, 0.15) is 5.82 Å². The van der Waals surface area contributed by atoms with E-state index in [4.69, 9.17) is 0 Å². The van der Waals surface area contributed by atoms with Crippen LogP contribution in [0.1, 0.15) is 17.7 Å². The minimum Gasteiger partial charge on any atom is -0.392 e.